The van der Waals surface area contributed by atoms with Crippen LogP contribution < -0.4 is 10.6 Å². The number of carbonyl (C=O) groups is 1. The van der Waals surface area contributed by atoms with Gasteiger partial charge in [0, 0.05) is 23.8 Å². The first kappa shape index (κ1) is 14.0. The van der Waals surface area contributed by atoms with E-state index >= 15 is 0 Å². The fourth-order valence-electron chi connectivity index (χ4n) is 2.60. The SMILES string of the molecule is O=C(NCc1ccccc1Cl)C1CNc2ccccc2C1. The minimum atomic E-state index is -0.0395. The van der Waals surface area contributed by atoms with Crippen molar-refractivity contribution in [3.8, 4) is 0 Å². The highest BCUT2D eigenvalue weighted by molar-refractivity contribution is 6.31. The van der Waals surface area contributed by atoms with E-state index < -0.39 is 0 Å². The van der Waals surface area contributed by atoms with Crippen LogP contribution in [-0.2, 0) is 17.8 Å². The summed E-state index contributed by atoms with van der Waals surface area (Å²) in [5, 5.41) is 6.98. The standard InChI is InChI=1S/C17H17ClN2O/c18-15-7-3-1-6-13(15)10-20-17(21)14-9-12-5-2-4-8-16(12)19-11-14/h1-8,14,19H,9-11H2,(H,20,21). The van der Waals surface area contributed by atoms with Crippen molar-refractivity contribution in [3.05, 3.63) is 64.7 Å². The van der Waals surface area contributed by atoms with Crippen molar-refractivity contribution in [1.82, 2.24) is 5.32 Å². The Morgan fingerprint density at radius 1 is 1.19 bits per heavy atom. The van der Waals surface area contributed by atoms with Crippen LogP contribution in [0.5, 0.6) is 0 Å². The maximum Gasteiger partial charge on any atom is 0.225 e. The number of nitrogens with one attached hydrogen (secondary N) is 2. The molecule has 1 heterocycles. The molecule has 1 amide bonds. The van der Waals surface area contributed by atoms with Gasteiger partial charge in [-0.1, -0.05) is 48.0 Å². The van der Waals surface area contributed by atoms with Crippen molar-refractivity contribution >= 4 is 23.2 Å². The molecule has 21 heavy (non-hydrogen) atoms. The number of anilines is 1. The Bertz CT molecular complexity index is 657. The Hall–Kier alpha value is -2.00. The fourth-order valence-corrected chi connectivity index (χ4v) is 2.80. The number of fused-ring (bicyclic) bond motifs is 1. The Morgan fingerprint density at radius 2 is 1.95 bits per heavy atom. The quantitative estimate of drug-likeness (QED) is 0.913. The summed E-state index contributed by atoms with van der Waals surface area (Å²) < 4.78 is 0. The van der Waals surface area contributed by atoms with Gasteiger partial charge in [0.05, 0.1) is 5.92 Å². The smallest absolute Gasteiger partial charge is 0.225 e. The molecule has 2 aromatic carbocycles. The maximum atomic E-state index is 12.3. The minimum absolute atomic E-state index is 0.0395. The Balaban J connectivity index is 1.61. The monoisotopic (exact) mass is 300 g/mol. The van der Waals surface area contributed by atoms with Gasteiger partial charge in [-0.05, 0) is 29.7 Å². The third-order valence-electron chi connectivity index (χ3n) is 3.80. The van der Waals surface area contributed by atoms with Crippen LogP contribution in [0.1, 0.15) is 11.1 Å². The topological polar surface area (TPSA) is 41.1 Å². The molecule has 1 atom stereocenters. The normalized spacial score (nSPS) is 16.7. The van der Waals surface area contributed by atoms with Crippen LogP contribution in [0.15, 0.2) is 48.5 Å². The molecule has 0 spiro atoms. The van der Waals surface area contributed by atoms with Crippen LogP contribution in [0.2, 0.25) is 5.02 Å². The molecule has 3 nitrogen and oxygen atoms in total. The van der Waals surface area contributed by atoms with E-state index in [1.165, 1.54) is 5.56 Å². The number of hydrogen-bond donors (Lipinski definition) is 2. The van der Waals surface area contributed by atoms with E-state index in [1.54, 1.807) is 0 Å². The third kappa shape index (κ3) is 3.19. The largest absolute Gasteiger partial charge is 0.384 e. The summed E-state index contributed by atoms with van der Waals surface area (Å²) in [5.41, 5.74) is 3.27. The van der Waals surface area contributed by atoms with Crippen LogP contribution in [-0.4, -0.2) is 12.5 Å². The van der Waals surface area contributed by atoms with Gasteiger partial charge >= 0.3 is 0 Å². The zero-order chi connectivity index (χ0) is 14.7. The second-order valence-electron chi connectivity index (χ2n) is 5.25. The predicted octanol–water partition coefficient (Wildman–Crippen LogP) is 3.24. The Kier molecular flexibility index (Phi) is 4.11. The average molecular weight is 301 g/mol. The molecule has 2 aromatic rings. The molecule has 1 unspecified atom stereocenters. The van der Waals surface area contributed by atoms with E-state index in [1.807, 2.05) is 42.5 Å². The van der Waals surface area contributed by atoms with Crippen LogP contribution >= 0.6 is 11.6 Å². The van der Waals surface area contributed by atoms with Crippen LogP contribution in [0.4, 0.5) is 5.69 Å². The van der Waals surface area contributed by atoms with Crippen molar-refractivity contribution in [1.29, 1.82) is 0 Å². The van der Waals surface area contributed by atoms with Gasteiger partial charge in [-0.2, -0.15) is 0 Å². The third-order valence-corrected chi connectivity index (χ3v) is 4.17. The van der Waals surface area contributed by atoms with Crippen molar-refractivity contribution in [3.63, 3.8) is 0 Å². The van der Waals surface area contributed by atoms with Gasteiger partial charge < -0.3 is 10.6 Å². The average Bonchev–Trinajstić information content (AvgIpc) is 2.53. The van der Waals surface area contributed by atoms with E-state index in [9.17, 15) is 4.79 Å². The molecule has 3 rings (SSSR count). The lowest BCUT2D eigenvalue weighted by molar-refractivity contribution is -0.124. The lowest BCUT2D eigenvalue weighted by Crippen LogP contribution is -2.37. The number of hydrogen-bond acceptors (Lipinski definition) is 2. The number of halogens is 1. The molecule has 1 aliphatic rings. The summed E-state index contributed by atoms with van der Waals surface area (Å²) in [4.78, 5) is 12.3. The summed E-state index contributed by atoms with van der Waals surface area (Å²) in [7, 11) is 0. The van der Waals surface area contributed by atoms with E-state index in [0.717, 1.165) is 17.7 Å². The van der Waals surface area contributed by atoms with Gasteiger partial charge in [-0.25, -0.2) is 0 Å². The molecule has 0 aromatic heterocycles. The van der Waals surface area contributed by atoms with E-state index in [4.69, 9.17) is 11.6 Å². The molecular formula is C17H17ClN2O. The van der Waals surface area contributed by atoms with Crippen molar-refractivity contribution in [2.45, 2.75) is 13.0 Å². The number of carbonyl (C=O) groups excluding carboxylic acids is 1. The number of amides is 1. The zero-order valence-corrected chi connectivity index (χ0v) is 12.4. The molecule has 0 saturated heterocycles. The molecular weight excluding hydrogens is 284 g/mol. The summed E-state index contributed by atoms with van der Waals surface area (Å²) in [5.74, 6) is 0.0271. The highest BCUT2D eigenvalue weighted by Crippen LogP contribution is 2.24. The van der Waals surface area contributed by atoms with E-state index in [2.05, 4.69) is 16.7 Å². The highest BCUT2D eigenvalue weighted by atomic mass is 35.5. The zero-order valence-electron chi connectivity index (χ0n) is 11.6. The summed E-state index contributed by atoms with van der Waals surface area (Å²) in [6.45, 7) is 1.14. The van der Waals surface area contributed by atoms with Crippen LogP contribution in [0.3, 0.4) is 0 Å². The maximum absolute atomic E-state index is 12.3. The fraction of sp³-hybridized carbons (Fsp3) is 0.235. The molecule has 1 aliphatic heterocycles. The molecule has 2 N–H and O–H groups in total. The van der Waals surface area contributed by atoms with E-state index in [-0.39, 0.29) is 11.8 Å². The van der Waals surface area contributed by atoms with Crippen molar-refractivity contribution < 1.29 is 4.79 Å². The highest BCUT2D eigenvalue weighted by Gasteiger charge is 2.23. The molecule has 108 valence electrons. The number of para-hydroxylation sites is 1. The first-order valence-electron chi connectivity index (χ1n) is 7.07. The van der Waals surface area contributed by atoms with Gasteiger partial charge in [-0.15, -0.1) is 0 Å². The Labute approximate surface area is 129 Å². The van der Waals surface area contributed by atoms with Gasteiger partial charge in [0.1, 0.15) is 0 Å². The Morgan fingerprint density at radius 3 is 2.81 bits per heavy atom. The predicted molar refractivity (Wildman–Crippen MR) is 85.4 cm³/mol. The molecule has 0 radical (unpaired) electrons. The molecule has 0 fully saturated rings. The van der Waals surface area contributed by atoms with Crippen LogP contribution in [0, 0.1) is 5.92 Å². The van der Waals surface area contributed by atoms with Crippen LogP contribution in [0.25, 0.3) is 0 Å². The summed E-state index contributed by atoms with van der Waals surface area (Å²) in [6, 6.07) is 15.7. The minimum Gasteiger partial charge on any atom is -0.384 e. The van der Waals surface area contributed by atoms with Gasteiger partial charge in [0.2, 0.25) is 5.91 Å². The second-order valence-corrected chi connectivity index (χ2v) is 5.66. The molecule has 0 aliphatic carbocycles. The number of benzene rings is 2. The first-order chi connectivity index (χ1) is 10.2. The first-order valence-corrected chi connectivity index (χ1v) is 7.45. The molecule has 4 heteroatoms. The lowest BCUT2D eigenvalue weighted by Gasteiger charge is -2.25. The van der Waals surface area contributed by atoms with Crippen molar-refractivity contribution in [2.24, 2.45) is 5.92 Å². The summed E-state index contributed by atoms with van der Waals surface area (Å²) in [6.07, 6.45) is 0.775. The van der Waals surface area contributed by atoms with Crippen molar-refractivity contribution in [2.75, 3.05) is 11.9 Å². The van der Waals surface area contributed by atoms with Gasteiger partial charge in [0.15, 0.2) is 0 Å². The van der Waals surface area contributed by atoms with Gasteiger partial charge in [-0.3, -0.25) is 4.79 Å². The lowest BCUT2D eigenvalue weighted by atomic mass is 9.93. The molecule has 0 bridgehead atoms. The summed E-state index contributed by atoms with van der Waals surface area (Å²) >= 11 is 6.10. The molecule has 0 saturated carbocycles. The number of rotatable bonds is 3. The second kappa shape index (κ2) is 6.19. The van der Waals surface area contributed by atoms with Gasteiger partial charge in [0.25, 0.3) is 0 Å². The van der Waals surface area contributed by atoms with E-state index in [0.29, 0.717) is 18.1 Å².